The number of likely N-dealkylation sites (tertiary alicyclic amines) is 1. The molecule has 0 spiro atoms. The predicted molar refractivity (Wildman–Crippen MR) is 114 cm³/mol. The number of aromatic nitrogens is 2. The van der Waals surface area contributed by atoms with Gasteiger partial charge in [0.25, 0.3) is 0 Å². The normalized spacial score (nSPS) is 24.5. The average Bonchev–Trinajstić information content (AvgIpc) is 3.27. The van der Waals surface area contributed by atoms with Crippen molar-refractivity contribution in [2.75, 3.05) is 13.1 Å². The van der Waals surface area contributed by atoms with Crippen LogP contribution >= 0.6 is 0 Å². The fourth-order valence-corrected chi connectivity index (χ4v) is 5.57. The Hall–Kier alpha value is -2.39. The van der Waals surface area contributed by atoms with Crippen LogP contribution in [-0.4, -0.2) is 33.6 Å². The van der Waals surface area contributed by atoms with Gasteiger partial charge in [-0.1, -0.05) is 67.6 Å². The van der Waals surface area contributed by atoms with Crippen LogP contribution in [0.2, 0.25) is 0 Å². The van der Waals surface area contributed by atoms with Crippen molar-refractivity contribution >= 4 is 0 Å². The minimum absolute atomic E-state index is 0.241. The highest BCUT2D eigenvalue weighted by atomic mass is 15.2. The predicted octanol–water partition coefficient (Wildman–Crippen LogP) is 4.92. The maximum atomic E-state index is 4.86. The molecular weight excluding hydrogens is 342 g/mol. The molecule has 28 heavy (non-hydrogen) atoms. The summed E-state index contributed by atoms with van der Waals surface area (Å²) in [6.07, 6.45) is 6.79. The van der Waals surface area contributed by atoms with Gasteiger partial charge >= 0.3 is 0 Å². The topological polar surface area (TPSA) is 21.1 Å². The van der Waals surface area contributed by atoms with E-state index in [4.69, 9.17) is 4.98 Å². The quantitative estimate of drug-likeness (QED) is 0.649. The third kappa shape index (κ3) is 2.80. The molecule has 3 heterocycles. The van der Waals surface area contributed by atoms with Crippen molar-refractivity contribution < 1.29 is 0 Å². The standard InChI is InChI=1S/C25H29N3/c1-2-16-27-17-15-25(21-11-7-4-8-12-21)14-13-24-26-18-22(28(24)19-23(25)27)20-9-5-3-6-10-20/h3-12,18,23H,2,13-17,19H2,1H3/t23-,25-/m0/s1. The lowest BCUT2D eigenvalue weighted by molar-refractivity contribution is 0.185. The minimum atomic E-state index is 0.241. The molecule has 0 radical (unpaired) electrons. The monoisotopic (exact) mass is 371 g/mol. The zero-order valence-corrected chi connectivity index (χ0v) is 16.7. The number of hydrogen-bond acceptors (Lipinski definition) is 2. The Balaban J connectivity index is 1.59. The molecule has 144 valence electrons. The van der Waals surface area contributed by atoms with Crippen LogP contribution in [0.15, 0.2) is 66.9 Å². The lowest BCUT2D eigenvalue weighted by Crippen LogP contribution is -2.45. The van der Waals surface area contributed by atoms with E-state index in [-0.39, 0.29) is 5.41 Å². The van der Waals surface area contributed by atoms with Crippen molar-refractivity contribution in [3.63, 3.8) is 0 Å². The fourth-order valence-electron chi connectivity index (χ4n) is 5.57. The van der Waals surface area contributed by atoms with Crippen molar-refractivity contribution in [1.29, 1.82) is 0 Å². The second-order valence-electron chi connectivity index (χ2n) is 8.36. The molecule has 2 aliphatic heterocycles. The Kier molecular flexibility index (Phi) is 4.56. The van der Waals surface area contributed by atoms with Crippen molar-refractivity contribution in [3.05, 3.63) is 78.2 Å². The summed E-state index contributed by atoms with van der Waals surface area (Å²) in [5.41, 5.74) is 4.30. The summed E-state index contributed by atoms with van der Waals surface area (Å²) in [5, 5.41) is 0. The van der Waals surface area contributed by atoms with Gasteiger partial charge in [-0.15, -0.1) is 0 Å². The van der Waals surface area contributed by atoms with Crippen LogP contribution in [0.3, 0.4) is 0 Å². The molecule has 0 aliphatic carbocycles. The fraction of sp³-hybridized carbons (Fsp3) is 0.400. The first-order chi connectivity index (χ1) is 13.8. The smallest absolute Gasteiger partial charge is 0.109 e. The molecule has 1 aromatic heterocycles. The number of nitrogens with zero attached hydrogens (tertiary/aromatic N) is 3. The van der Waals surface area contributed by atoms with E-state index < -0.39 is 0 Å². The van der Waals surface area contributed by atoms with Crippen molar-refractivity contribution in [1.82, 2.24) is 14.5 Å². The SMILES string of the molecule is CCCN1CC[C@]2(c3ccccc3)CCc3ncc(-c4ccccc4)n3C[C@H]12. The molecule has 2 aliphatic rings. The molecule has 0 saturated carbocycles. The van der Waals surface area contributed by atoms with Gasteiger partial charge in [-0.25, -0.2) is 4.98 Å². The summed E-state index contributed by atoms with van der Waals surface area (Å²) >= 11 is 0. The van der Waals surface area contributed by atoms with E-state index in [1.807, 2.05) is 0 Å². The van der Waals surface area contributed by atoms with Crippen LogP contribution < -0.4 is 0 Å². The van der Waals surface area contributed by atoms with Gasteiger partial charge in [0, 0.05) is 24.4 Å². The maximum Gasteiger partial charge on any atom is 0.109 e. The zero-order chi connectivity index (χ0) is 19.0. The van der Waals surface area contributed by atoms with Crippen LogP contribution in [0.4, 0.5) is 0 Å². The van der Waals surface area contributed by atoms with Gasteiger partial charge in [0.15, 0.2) is 0 Å². The van der Waals surface area contributed by atoms with E-state index in [9.17, 15) is 0 Å². The first-order valence-electron chi connectivity index (χ1n) is 10.7. The molecule has 3 aromatic rings. The number of benzene rings is 2. The maximum absolute atomic E-state index is 4.86. The van der Waals surface area contributed by atoms with E-state index in [1.165, 1.54) is 55.0 Å². The summed E-state index contributed by atoms with van der Waals surface area (Å²) < 4.78 is 2.51. The van der Waals surface area contributed by atoms with Crippen LogP contribution in [0.1, 0.15) is 37.6 Å². The summed E-state index contributed by atoms with van der Waals surface area (Å²) in [6.45, 7) is 5.73. The number of fused-ring (bicyclic) bond motifs is 2. The second kappa shape index (κ2) is 7.21. The number of hydrogen-bond donors (Lipinski definition) is 0. The largest absolute Gasteiger partial charge is 0.326 e. The summed E-state index contributed by atoms with van der Waals surface area (Å²) in [7, 11) is 0. The summed E-state index contributed by atoms with van der Waals surface area (Å²) in [6, 6.07) is 22.6. The Morgan fingerprint density at radius 3 is 2.50 bits per heavy atom. The number of imidazole rings is 1. The van der Waals surface area contributed by atoms with Crippen LogP contribution in [0.25, 0.3) is 11.3 Å². The lowest BCUT2D eigenvalue weighted by atomic mass is 9.71. The average molecular weight is 372 g/mol. The molecule has 0 N–H and O–H groups in total. The summed E-state index contributed by atoms with van der Waals surface area (Å²) in [4.78, 5) is 7.61. The van der Waals surface area contributed by atoms with Gasteiger partial charge in [-0.2, -0.15) is 0 Å². The first-order valence-corrected chi connectivity index (χ1v) is 10.7. The van der Waals surface area contributed by atoms with E-state index in [2.05, 4.69) is 83.3 Å². The van der Waals surface area contributed by atoms with Crippen LogP contribution in [0.5, 0.6) is 0 Å². The van der Waals surface area contributed by atoms with Gasteiger partial charge in [-0.3, -0.25) is 4.90 Å². The van der Waals surface area contributed by atoms with E-state index >= 15 is 0 Å². The van der Waals surface area contributed by atoms with Gasteiger partial charge in [0.1, 0.15) is 5.82 Å². The molecule has 1 fully saturated rings. The third-order valence-corrected chi connectivity index (χ3v) is 6.94. The minimum Gasteiger partial charge on any atom is -0.326 e. The Morgan fingerprint density at radius 1 is 1.00 bits per heavy atom. The van der Waals surface area contributed by atoms with Crippen molar-refractivity contribution in [3.8, 4) is 11.3 Å². The summed E-state index contributed by atoms with van der Waals surface area (Å²) in [5.74, 6) is 1.25. The Bertz CT molecular complexity index is 931. The Labute approximate surface area is 168 Å². The van der Waals surface area contributed by atoms with Crippen molar-refractivity contribution in [2.24, 2.45) is 0 Å². The van der Waals surface area contributed by atoms with E-state index in [1.54, 1.807) is 0 Å². The third-order valence-electron chi connectivity index (χ3n) is 6.94. The molecule has 3 nitrogen and oxygen atoms in total. The number of aryl methyl sites for hydroxylation is 1. The highest BCUT2D eigenvalue weighted by molar-refractivity contribution is 5.59. The second-order valence-corrected chi connectivity index (χ2v) is 8.36. The molecule has 0 amide bonds. The van der Waals surface area contributed by atoms with Gasteiger partial charge in [0.05, 0.1) is 11.9 Å². The van der Waals surface area contributed by atoms with E-state index in [0.29, 0.717) is 6.04 Å². The van der Waals surface area contributed by atoms with E-state index in [0.717, 1.165) is 13.0 Å². The molecular formula is C25H29N3. The molecule has 0 unspecified atom stereocenters. The molecule has 0 bridgehead atoms. The molecule has 3 heteroatoms. The van der Waals surface area contributed by atoms with Gasteiger partial charge in [-0.05, 0) is 43.5 Å². The molecule has 1 saturated heterocycles. The number of rotatable bonds is 4. The molecule has 5 rings (SSSR count). The highest BCUT2D eigenvalue weighted by Crippen LogP contribution is 2.46. The van der Waals surface area contributed by atoms with Crippen molar-refractivity contribution in [2.45, 2.75) is 50.6 Å². The molecule has 2 atom stereocenters. The van der Waals surface area contributed by atoms with Gasteiger partial charge in [0.2, 0.25) is 0 Å². The zero-order valence-electron chi connectivity index (χ0n) is 16.7. The first kappa shape index (κ1) is 17.7. The van der Waals surface area contributed by atoms with Crippen LogP contribution in [-0.2, 0) is 18.4 Å². The lowest BCUT2D eigenvalue weighted by Gasteiger charge is -2.38. The van der Waals surface area contributed by atoms with Gasteiger partial charge < -0.3 is 4.57 Å². The Morgan fingerprint density at radius 2 is 1.75 bits per heavy atom. The highest BCUT2D eigenvalue weighted by Gasteiger charge is 2.49. The molecule has 2 aromatic carbocycles. The van der Waals surface area contributed by atoms with Crippen LogP contribution in [0, 0.1) is 0 Å².